The monoisotopic (exact) mass is 599 g/mol. The third kappa shape index (κ3) is 7.41. The number of hydrogen-bond donors (Lipinski definition) is 0. The van der Waals surface area contributed by atoms with Crippen molar-refractivity contribution in [1.82, 2.24) is 14.5 Å². The molecule has 1 amide bonds. The molecule has 1 atom stereocenters. The Kier molecular flexibility index (Phi) is 11.4. The number of methoxy groups -OCH3 is 2. The fourth-order valence-electron chi connectivity index (χ4n) is 4.75. The van der Waals surface area contributed by atoms with Crippen LogP contribution >= 0.6 is 15.9 Å². The average molecular weight is 601 g/mol. The maximum Gasteiger partial charge on any atom is 0.266 e. The van der Waals surface area contributed by atoms with Gasteiger partial charge in [-0.3, -0.25) is 14.2 Å². The first-order chi connectivity index (χ1) is 18.7. The normalized spacial score (nSPS) is 12.1. The minimum Gasteiger partial charge on any atom is -0.497 e. The van der Waals surface area contributed by atoms with Crippen LogP contribution in [-0.2, 0) is 4.79 Å². The molecule has 39 heavy (non-hydrogen) atoms. The van der Waals surface area contributed by atoms with Crippen molar-refractivity contribution >= 4 is 32.7 Å². The molecule has 0 saturated carbocycles. The molecule has 1 unspecified atom stereocenters. The Hall–Kier alpha value is -2.87. The summed E-state index contributed by atoms with van der Waals surface area (Å²) in [5.41, 5.74) is 0.934. The van der Waals surface area contributed by atoms with Gasteiger partial charge >= 0.3 is 0 Å². The molecule has 3 rings (SSSR count). The lowest BCUT2D eigenvalue weighted by Gasteiger charge is -2.31. The summed E-state index contributed by atoms with van der Waals surface area (Å²) in [5, 5.41) is 0.498. The number of unbranched alkanes of at least 4 members (excludes halogenated alkanes) is 4. The Labute approximate surface area is 240 Å². The lowest BCUT2D eigenvalue weighted by atomic mass is 10.1. The number of rotatable bonds is 14. The number of aromatic nitrogens is 2. The molecule has 0 fully saturated rings. The molecule has 212 valence electrons. The molecule has 0 spiro atoms. The number of amides is 1. The zero-order chi connectivity index (χ0) is 28.5. The van der Waals surface area contributed by atoms with Crippen molar-refractivity contribution in [1.29, 1.82) is 0 Å². The van der Waals surface area contributed by atoms with Crippen LogP contribution in [0.2, 0.25) is 0 Å². The average Bonchev–Trinajstić information content (AvgIpc) is 2.93. The second kappa shape index (κ2) is 14.5. The van der Waals surface area contributed by atoms with Gasteiger partial charge in [-0.1, -0.05) is 58.6 Å². The summed E-state index contributed by atoms with van der Waals surface area (Å²) in [6.45, 7) is 9.06. The highest BCUT2D eigenvalue weighted by molar-refractivity contribution is 9.10. The molecule has 2 aromatic carbocycles. The first-order valence-corrected chi connectivity index (χ1v) is 14.8. The van der Waals surface area contributed by atoms with E-state index in [0.29, 0.717) is 57.3 Å². The fourth-order valence-corrected chi connectivity index (χ4v) is 5.31. The van der Waals surface area contributed by atoms with Gasteiger partial charge in [0.15, 0.2) is 0 Å². The molecule has 0 radical (unpaired) electrons. The van der Waals surface area contributed by atoms with Gasteiger partial charge in [-0.25, -0.2) is 4.98 Å². The summed E-state index contributed by atoms with van der Waals surface area (Å²) >= 11 is 3.65. The maximum absolute atomic E-state index is 14.1. The van der Waals surface area contributed by atoms with Crippen molar-refractivity contribution in [2.45, 2.75) is 78.7 Å². The Bertz CT molecular complexity index is 1320. The second-order valence-electron chi connectivity index (χ2n) is 10.4. The summed E-state index contributed by atoms with van der Waals surface area (Å²) in [7, 11) is 3.14. The highest BCUT2D eigenvalue weighted by Gasteiger charge is 2.28. The number of benzene rings is 2. The number of hydrogen-bond acceptors (Lipinski definition) is 5. The van der Waals surface area contributed by atoms with Gasteiger partial charge in [0.05, 0.1) is 41.3 Å². The van der Waals surface area contributed by atoms with Crippen LogP contribution in [-0.4, -0.2) is 41.1 Å². The van der Waals surface area contributed by atoms with E-state index >= 15 is 0 Å². The van der Waals surface area contributed by atoms with Crippen LogP contribution < -0.4 is 15.0 Å². The Morgan fingerprint density at radius 2 is 1.77 bits per heavy atom. The summed E-state index contributed by atoms with van der Waals surface area (Å²) in [6.07, 6.45) is 6.75. The minimum absolute atomic E-state index is 0.0934. The number of nitrogens with zero attached hydrogens (tertiary/aromatic N) is 3. The van der Waals surface area contributed by atoms with Crippen molar-refractivity contribution in [2.75, 3.05) is 20.8 Å². The predicted molar refractivity (Wildman–Crippen MR) is 161 cm³/mol. The van der Waals surface area contributed by atoms with Gasteiger partial charge < -0.3 is 14.4 Å². The van der Waals surface area contributed by atoms with E-state index in [1.165, 1.54) is 12.8 Å². The van der Waals surface area contributed by atoms with Crippen LogP contribution in [0.4, 0.5) is 0 Å². The van der Waals surface area contributed by atoms with E-state index in [1.54, 1.807) is 37.0 Å². The molecular weight excluding hydrogens is 558 g/mol. The van der Waals surface area contributed by atoms with Gasteiger partial charge in [-0.05, 0) is 53.7 Å². The number of halogens is 1. The first kappa shape index (κ1) is 30.7. The molecule has 8 heteroatoms. The van der Waals surface area contributed by atoms with Gasteiger partial charge in [-0.2, -0.15) is 0 Å². The largest absolute Gasteiger partial charge is 0.497 e. The fraction of sp³-hybridized carbons (Fsp3) is 0.516. The van der Waals surface area contributed by atoms with E-state index < -0.39 is 6.04 Å². The standard InChI is InChI=1S/C31H42BrN3O4/c1-7-8-9-10-11-16-28(36)34(18-17-21(2)3)22(4)30-33-25-15-13-12-14-24(25)31(37)35(30)26-19-23(38-5)20-27(39-6)29(26)32/h12-15,19-22H,7-11,16-18H2,1-6H3. The van der Waals surface area contributed by atoms with E-state index in [-0.39, 0.29) is 11.5 Å². The van der Waals surface area contributed by atoms with Crippen molar-refractivity contribution in [2.24, 2.45) is 5.92 Å². The molecular formula is C31H42BrN3O4. The summed E-state index contributed by atoms with van der Waals surface area (Å²) in [6, 6.07) is 10.4. The summed E-state index contributed by atoms with van der Waals surface area (Å²) < 4.78 is 13.3. The van der Waals surface area contributed by atoms with Crippen LogP contribution in [0.25, 0.3) is 16.6 Å². The minimum atomic E-state index is -0.437. The summed E-state index contributed by atoms with van der Waals surface area (Å²) in [4.78, 5) is 34.6. The van der Waals surface area contributed by atoms with Crippen LogP contribution in [0.5, 0.6) is 11.5 Å². The van der Waals surface area contributed by atoms with Crippen LogP contribution in [0.3, 0.4) is 0 Å². The number of para-hydroxylation sites is 1. The van der Waals surface area contributed by atoms with E-state index in [4.69, 9.17) is 14.5 Å². The molecule has 1 heterocycles. The van der Waals surface area contributed by atoms with Crippen LogP contribution in [0.15, 0.2) is 45.7 Å². The zero-order valence-electron chi connectivity index (χ0n) is 24.1. The molecule has 1 aromatic heterocycles. The van der Waals surface area contributed by atoms with Gasteiger partial charge in [0, 0.05) is 25.1 Å². The van der Waals surface area contributed by atoms with Gasteiger partial charge in [0.25, 0.3) is 5.56 Å². The number of carbonyl (C=O) groups is 1. The lowest BCUT2D eigenvalue weighted by molar-refractivity contribution is -0.133. The molecule has 0 bridgehead atoms. The maximum atomic E-state index is 14.1. The van der Waals surface area contributed by atoms with Gasteiger partial charge in [-0.15, -0.1) is 0 Å². The molecule has 3 aromatic rings. The van der Waals surface area contributed by atoms with Gasteiger partial charge in [0.1, 0.15) is 17.3 Å². The van der Waals surface area contributed by atoms with Crippen molar-refractivity contribution in [3.8, 4) is 17.2 Å². The number of carbonyl (C=O) groups excluding carboxylic acids is 1. The highest BCUT2D eigenvalue weighted by Crippen LogP contribution is 2.37. The first-order valence-electron chi connectivity index (χ1n) is 14.0. The van der Waals surface area contributed by atoms with Crippen LogP contribution in [0, 0.1) is 5.92 Å². The third-order valence-corrected chi connectivity index (χ3v) is 7.89. The van der Waals surface area contributed by atoms with Crippen molar-refractivity contribution in [3.63, 3.8) is 0 Å². The van der Waals surface area contributed by atoms with Crippen molar-refractivity contribution < 1.29 is 14.3 Å². The second-order valence-corrected chi connectivity index (χ2v) is 11.2. The summed E-state index contributed by atoms with van der Waals surface area (Å²) in [5.74, 6) is 2.10. The Morgan fingerprint density at radius 1 is 1.05 bits per heavy atom. The van der Waals surface area contributed by atoms with E-state index in [1.807, 2.05) is 30.0 Å². The quantitative estimate of drug-likeness (QED) is 0.180. The van der Waals surface area contributed by atoms with E-state index in [0.717, 1.165) is 25.7 Å². The van der Waals surface area contributed by atoms with E-state index in [2.05, 4.69) is 36.7 Å². The molecule has 0 aliphatic rings. The Balaban J connectivity index is 2.17. The smallest absolute Gasteiger partial charge is 0.266 e. The molecule has 0 aliphatic carbocycles. The van der Waals surface area contributed by atoms with E-state index in [9.17, 15) is 9.59 Å². The predicted octanol–water partition coefficient (Wildman–Crippen LogP) is 7.46. The van der Waals surface area contributed by atoms with Crippen LogP contribution in [0.1, 0.15) is 84.5 Å². The SMILES string of the molecule is CCCCCCCC(=O)N(CCC(C)C)C(C)c1nc2ccccc2c(=O)n1-c1cc(OC)cc(OC)c1Br. The molecule has 0 aliphatic heterocycles. The highest BCUT2D eigenvalue weighted by atomic mass is 79.9. The zero-order valence-corrected chi connectivity index (χ0v) is 25.7. The third-order valence-electron chi connectivity index (χ3n) is 7.09. The van der Waals surface area contributed by atoms with Gasteiger partial charge in [0.2, 0.25) is 5.91 Å². The number of fused-ring (bicyclic) bond motifs is 1. The Morgan fingerprint density at radius 3 is 2.44 bits per heavy atom. The topological polar surface area (TPSA) is 73.7 Å². The molecule has 0 N–H and O–H groups in total. The lowest BCUT2D eigenvalue weighted by Crippen LogP contribution is -2.38. The number of ether oxygens (including phenoxy) is 2. The van der Waals surface area contributed by atoms with Crippen molar-refractivity contribution in [3.05, 3.63) is 57.0 Å². The molecule has 0 saturated heterocycles. The molecule has 7 nitrogen and oxygen atoms in total.